The Kier molecular flexibility index (Phi) is 1.77. The van der Waals surface area contributed by atoms with Crippen molar-refractivity contribution in [1.29, 1.82) is 0 Å². The number of rotatable bonds is 0. The topological polar surface area (TPSA) is 42.4 Å². The maximum atomic E-state index is 11.7. The van der Waals surface area contributed by atoms with Crippen LogP contribution in [0.1, 0.15) is 16.2 Å². The standard InChI is InChI=1S/C10H10N2O2/c1-6-4-5-8-9(11-6)10(13)12(3)7(2)14-8/h4-5H,2H2,1,3H3. The maximum Gasteiger partial charge on any atom is 0.282 e. The third-order valence-electron chi connectivity index (χ3n) is 2.11. The predicted molar refractivity (Wildman–Crippen MR) is 50.8 cm³/mol. The zero-order valence-corrected chi connectivity index (χ0v) is 8.07. The molecule has 0 fully saturated rings. The van der Waals surface area contributed by atoms with Gasteiger partial charge in [0.25, 0.3) is 5.91 Å². The minimum atomic E-state index is -0.181. The van der Waals surface area contributed by atoms with Gasteiger partial charge in [-0.2, -0.15) is 0 Å². The molecule has 0 aromatic carbocycles. The molecule has 1 aliphatic heterocycles. The van der Waals surface area contributed by atoms with Gasteiger partial charge in [0.15, 0.2) is 17.3 Å². The summed E-state index contributed by atoms with van der Waals surface area (Å²) in [5.41, 5.74) is 1.14. The highest BCUT2D eigenvalue weighted by Gasteiger charge is 2.27. The van der Waals surface area contributed by atoms with Crippen LogP contribution in [-0.4, -0.2) is 22.8 Å². The SMILES string of the molecule is C=C1Oc2ccc(C)nc2C(=O)N1C. The van der Waals surface area contributed by atoms with Gasteiger partial charge >= 0.3 is 0 Å². The highest BCUT2D eigenvalue weighted by molar-refractivity contribution is 5.96. The molecule has 0 saturated carbocycles. The van der Waals surface area contributed by atoms with Gasteiger partial charge < -0.3 is 4.74 Å². The lowest BCUT2D eigenvalue weighted by Crippen LogP contribution is -2.33. The molecule has 1 aromatic heterocycles. The third kappa shape index (κ3) is 1.16. The molecule has 0 unspecified atom stereocenters. The summed E-state index contributed by atoms with van der Waals surface area (Å²) < 4.78 is 5.32. The van der Waals surface area contributed by atoms with E-state index in [1.807, 2.05) is 6.92 Å². The molecule has 0 atom stereocenters. The fraction of sp³-hybridized carbons (Fsp3) is 0.200. The average molecular weight is 190 g/mol. The first-order valence-corrected chi connectivity index (χ1v) is 4.22. The molecular weight excluding hydrogens is 180 g/mol. The summed E-state index contributed by atoms with van der Waals surface area (Å²) >= 11 is 0. The van der Waals surface area contributed by atoms with E-state index in [-0.39, 0.29) is 5.91 Å². The Morgan fingerprint density at radius 3 is 2.93 bits per heavy atom. The molecule has 4 nitrogen and oxygen atoms in total. The molecule has 0 saturated heterocycles. The van der Waals surface area contributed by atoms with E-state index in [9.17, 15) is 4.79 Å². The van der Waals surface area contributed by atoms with Crippen molar-refractivity contribution in [3.63, 3.8) is 0 Å². The zero-order chi connectivity index (χ0) is 10.3. The van der Waals surface area contributed by atoms with Gasteiger partial charge in [0.2, 0.25) is 0 Å². The minimum Gasteiger partial charge on any atom is -0.439 e. The molecule has 1 aromatic rings. The van der Waals surface area contributed by atoms with Gasteiger partial charge in [-0.1, -0.05) is 0 Å². The zero-order valence-electron chi connectivity index (χ0n) is 8.07. The Morgan fingerprint density at radius 2 is 2.21 bits per heavy atom. The van der Waals surface area contributed by atoms with Crippen LogP contribution in [0, 0.1) is 6.92 Å². The van der Waals surface area contributed by atoms with Crippen molar-refractivity contribution in [2.45, 2.75) is 6.92 Å². The van der Waals surface area contributed by atoms with Crippen molar-refractivity contribution < 1.29 is 9.53 Å². The monoisotopic (exact) mass is 190 g/mol. The van der Waals surface area contributed by atoms with Crippen molar-refractivity contribution >= 4 is 5.91 Å². The highest BCUT2D eigenvalue weighted by atomic mass is 16.5. The van der Waals surface area contributed by atoms with Crippen molar-refractivity contribution in [2.24, 2.45) is 0 Å². The van der Waals surface area contributed by atoms with Crippen molar-refractivity contribution in [1.82, 2.24) is 9.88 Å². The van der Waals surface area contributed by atoms with Crippen LogP contribution in [0.25, 0.3) is 0 Å². The first-order chi connectivity index (χ1) is 6.59. The molecule has 0 bridgehead atoms. The Morgan fingerprint density at radius 1 is 1.50 bits per heavy atom. The van der Waals surface area contributed by atoms with Crippen LogP contribution in [0.4, 0.5) is 0 Å². The van der Waals surface area contributed by atoms with Gasteiger partial charge in [0.1, 0.15) is 0 Å². The van der Waals surface area contributed by atoms with Crippen molar-refractivity contribution in [3.05, 3.63) is 36.0 Å². The second kappa shape index (κ2) is 2.83. The predicted octanol–water partition coefficient (Wildman–Crippen LogP) is 1.33. The van der Waals surface area contributed by atoms with Crippen LogP contribution >= 0.6 is 0 Å². The lowest BCUT2D eigenvalue weighted by molar-refractivity contribution is 0.0735. The number of hydrogen-bond acceptors (Lipinski definition) is 3. The van der Waals surface area contributed by atoms with E-state index >= 15 is 0 Å². The summed E-state index contributed by atoms with van der Waals surface area (Å²) in [6.07, 6.45) is 0. The molecule has 1 aliphatic rings. The van der Waals surface area contributed by atoms with Gasteiger partial charge in [-0.3, -0.25) is 9.69 Å². The van der Waals surface area contributed by atoms with Crippen LogP contribution in [0.2, 0.25) is 0 Å². The molecule has 72 valence electrons. The van der Waals surface area contributed by atoms with Crippen LogP contribution in [0.15, 0.2) is 24.6 Å². The number of carbonyl (C=O) groups is 1. The Labute approximate surface area is 81.8 Å². The number of nitrogens with zero attached hydrogens (tertiary/aromatic N) is 2. The summed E-state index contributed by atoms with van der Waals surface area (Å²) in [5, 5.41) is 0. The number of carbonyl (C=O) groups excluding carboxylic acids is 1. The molecular formula is C10H10N2O2. The van der Waals surface area contributed by atoms with Crippen LogP contribution in [0.5, 0.6) is 5.75 Å². The van der Waals surface area contributed by atoms with E-state index in [0.29, 0.717) is 17.3 Å². The quantitative estimate of drug-likeness (QED) is 0.619. The highest BCUT2D eigenvalue weighted by Crippen LogP contribution is 2.26. The average Bonchev–Trinajstić information content (AvgIpc) is 2.16. The summed E-state index contributed by atoms with van der Waals surface area (Å²) in [7, 11) is 1.61. The molecule has 0 N–H and O–H groups in total. The van der Waals surface area contributed by atoms with E-state index in [2.05, 4.69) is 11.6 Å². The molecule has 14 heavy (non-hydrogen) atoms. The van der Waals surface area contributed by atoms with Crippen molar-refractivity contribution in [2.75, 3.05) is 7.05 Å². The summed E-state index contributed by atoms with van der Waals surface area (Å²) in [6.45, 7) is 5.45. The Balaban J connectivity index is 2.57. The Bertz CT molecular complexity index is 426. The van der Waals surface area contributed by atoms with Crippen LogP contribution in [-0.2, 0) is 0 Å². The number of fused-ring (bicyclic) bond motifs is 1. The molecule has 0 spiro atoms. The van der Waals surface area contributed by atoms with Gasteiger partial charge in [0.05, 0.1) is 0 Å². The summed E-state index contributed by atoms with van der Waals surface area (Å²) in [4.78, 5) is 17.2. The van der Waals surface area contributed by atoms with E-state index < -0.39 is 0 Å². The second-order valence-corrected chi connectivity index (χ2v) is 3.16. The molecule has 1 amide bonds. The fourth-order valence-electron chi connectivity index (χ4n) is 1.25. The lowest BCUT2D eigenvalue weighted by Gasteiger charge is -2.25. The van der Waals surface area contributed by atoms with E-state index in [4.69, 9.17) is 4.74 Å². The normalized spacial score (nSPS) is 15.1. The number of amides is 1. The fourth-order valence-corrected chi connectivity index (χ4v) is 1.25. The van der Waals surface area contributed by atoms with Crippen LogP contribution < -0.4 is 4.74 Å². The largest absolute Gasteiger partial charge is 0.439 e. The molecule has 2 rings (SSSR count). The smallest absolute Gasteiger partial charge is 0.282 e. The van der Waals surface area contributed by atoms with E-state index in [0.717, 1.165) is 5.69 Å². The molecule has 2 heterocycles. The van der Waals surface area contributed by atoms with Gasteiger partial charge in [0, 0.05) is 12.7 Å². The minimum absolute atomic E-state index is 0.181. The summed E-state index contributed by atoms with van der Waals surface area (Å²) in [6, 6.07) is 3.53. The molecule has 0 radical (unpaired) electrons. The Hall–Kier alpha value is -1.84. The van der Waals surface area contributed by atoms with Gasteiger partial charge in [-0.05, 0) is 25.6 Å². The first-order valence-electron chi connectivity index (χ1n) is 4.22. The second-order valence-electron chi connectivity index (χ2n) is 3.16. The third-order valence-corrected chi connectivity index (χ3v) is 2.11. The van der Waals surface area contributed by atoms with Gasteiger partial charge in [-0.25, -0.2) is 4.98 Å². The van der Waals surface area contributed by atoms with E-state index in [1.165, 1.54) is 4.90 Å². The number of aryl methyl sites for hydroxylation is 1. The molecule has 4 heteroatoms. The molecule has 0 aliphatic carbocycles. The summed E-state index contributed by atoms with van der Waals surface area (Å²) in [5.74, 6) is 0.622. The first kappa shape index (κ1) is 8.74. The number of hydrogen-bond donors (Lipinski definition) is 0. The maximum absolute atomic E-state index is 11.7. The van der Waals surface area contributed by atoms with Gasteiger partial charge in [-0.15, -0.1) is 0 Å². The van der Waals surface area contributed by atoms with Crippen LogP contribution in [0.3, 0.4) is 0 Å². The van der Waals surface area contributed by atoms with Crippen molar-refractivity contribution in [3.8, 4) is 5.75 Å². The number of aromatic nitrogens is 1. The van der Waals surface area contributed by atoms with E-state index in [1.54, 1.807) is 19.2 Å². The number of pyridine rings is 1. The number of ether oxygens (including phenoxy) is 1. The lowest BCUT2D eigenvalue weighted by atomic mass is 10.2.